The number of alkyl halides is 5. The van der Waals surface area contributed by atoms with Gasteiger partial charge in [-0.25, -0.2) is 0 Å². The molecule has 0 aromatic rings. The summed E-state index contributed by atoms with van der Waals surface area (Å²) in [5, 5.41) is 0. The van der Waals surface area contributed by atoms with Crippen LogP contribution in [0.5, 0.6) is 0 Å². The van der Waals surface area contributed by atoms with E-state index in [0.29, 0.717) is 11.3 Å². The zero-order chi connectivity index (χ0) is 13.1. The molecule has 0 aromatic heterocycles. The van der Waals surface area contributed by atoms with Gasteiger partial charge in [-0.15, -0.1) is 0 Å². The summed E-state index contributed by atoms with van der Waals surface area (Å²) in [5.41, 5.74) is 0. The van der Waals surface area contributed by atoms with Crippen LogP contribution in [0.1, 0.15) is 27.2 Å². The van der Waals surface area contributed by atoms with Crippen molar-refractivity contribution in [1.82, 2.24) is 4.90 Å². The maximum absolute atomic E-state index is 12.7. The Morgan fingerprint density at radius 2 is 1.62 bits per heavy atom. The van der Waals surface area contributed by atoms with Gasteiger partial charge in [0.1, 0.15) is 0 Å². The van der Waals surface area contributed by atoms with Crippen molar-refractivity contribution in [2.24, 2.45) is 0 Å². The first-order valence-corrected chi connectivity index (χ1v) is 4.85. The Morgan fingerprint density at radius 1 is 1.19 bits per heavy atom. The lowest BCUT2D eigenvalue weighted by atomic mass is 10.2. The summed E-state index contributed by atoms with van der Waals surface area (Å²) in [6.45, 7) is 4.20. The molecule has 1 amide bonds. The first kappa shape index (κ1) is 15.1. The minimum absolute atomic E-state index is 0.181. The summed E-state index contributed by atoms with van der Waals surface area (Å²) < 4.78 is 61.3. The van der Waals surface area contributed by atoms with Gasteiger partial charge in [-0.05, 0) is 20.3 Å². The van der Waals surface area contributed by atoms with Gasteiger partial charge >= 0.3 is 18.0 Å². The van der Waals surface area contributed by atoms with E-state index in [9.17, 15) is 26.7 Å². The van der Waals surface area contributed by atoms with Crippen LogP contribution in [0.2, 0.25) is 0 Å². The fraction of sp³-hybridized carbons (Fsp3) is 0.889. The average molecular weight is 247 g/mol. The van der Waals surface area contributed by atoms with Crippen LogP contribution in [0.3, 0.4) is 0 Å². The van der Waals surface area contributed by atoms with Gasteiger partial charge in [0.25, 0.3) is 0 Å². The number of carbonyl (C=O) groups is 1. The van der Waals surface area contributed by atoms with E-state index in [4.69, 9.17) is 0 Å². The Hall–Kier alpha value is -0.880. The van der Waals surface area contributed by atoms with Crippen LogP contribution in [-0.2, 0) is 4.79 Å². The van der Waals surface area contributed by atoms with Crippen LogP contribution < -0.4 is 0 Å². The molecule has 2 nitrogen and oxygen atoms in total. The topological polar surface area (TPSA) is 20.3 Å². The minimum Gasteiger partial charge on any atom is -0.335 e. The molecule has 0 heterocycles. The largest absolute Gasteiger partial charge is 0.463 e. The van der Waals surface area contributed by atoms with E-state index in [-0.39, 0.29) is 6.54 Å². The number of hydrogen-bond acceptors (Lipinski definition) is 1. The molecule has 0 aliphatic rings. The molecule has 96 valence electrons. The first-order valence-electron chi connectivity index (χ1n) is 4.85. The highest BCUT2D eigenvalue weighted by Crippen LogP contribution is 2.37. The molecule has 0 fully saturated rings. The van der Waals surface area contributed by atoms with Gasteiger partial charge < -0.3 is 4.90 Å². The van der Waals surface area contributed by atoms with Gasteiger partial charge in [0, 0.05) is 12.6 Å². The quantitative estimate of drug-likeness (QED) is 0.699. The highest BCUT2D eigenvalue weighted by atomic mass is 19.4. The van der Waals surface area contributed by atoms with Crippen molar-refractivity contribution in [3.05, 3.63) is 0 Å². The van der Waals surface area contributed by atoms with Crippen molar-refractivity contribution < 1.29 is 26.7 Å². The molecule has 0 rings (SSSR count). The normalized spacial score (nSPS) is 14.8. The molecule has 0 saturated carbocycles. The highest BCUT2D eigenvalue weighted by Gasteiger charge is 2.64. The second-order valence-electron chi connectivity index (χ2n) is 3.42. The second-order valence-corrected chi connectivity index (χ2v) is 3.42. The van der Waals surface area contributed by atoms with Crippen LogP contribution in [-0.4, -0.2) is 35.5 Å². The van der Waals surface area contributed by atoms with Crippen LogP contribution in [0.4, 0.5) is 22.0 Å². The predicted octanol–water partition coefficient (Wildman–Crippen LogP) is 2.83. The third-order valence-electron chi connectivity index (χ3n) is 2.35. The minimum atomic E-state index is -5.84. The Labute approximate surface area is 90.4 Å². The van der Waals surface area contributed by atoms with Crippen molar-refractivity contribution in [3.8, 4) is 0 Å². The summed E-state index contributed by atoms with van der Waals surface area (Å²) >= 11 is 0. The second kappa shape index (κ2) is 4.97. The lowest BCUT2D eigenvalue weighted by Crippen LogP contribution is -2.54. The van der Waals surface area contributed by atoms with E-state index >= 15 is 0 Å². The SMILES string of the molecule is CCC(C)N(CC)C(=O)C(F)(F)C(F)(F)F. The van der Waals surface area contributed by atoms with Gasteiger partial charge in [0.15, 0.2) is 0 Å². The lowest BCUT2D eigenvalue weighted by Gasteiger charge is -2.31. The van der Waals surface area contributed by atoms with E-state index in [1.54, 1.807) is 6.92 Å². The fourth-order valence-corrected chi connectivity index (χ4v) is 1.18. The van der Waals surface area contributed by atoms with Crippen molar-refractivity contribution in [1.29, 1.82) is 0 Å². The summed E-state index contributed by atoms with van der Waals surface area (Å²) in [7, 11) is 0. The van der Waals surface area contributed by atoms with Gasteiger partial charge in [-0.2, -0.15) is 22.0 Å². The Balaban J connectivity index is 5.03. The van der Waals surface area contributed by atoms with Crippen LogP contribution in [0, 0.1) is 0 Å². The van der Waals surface area contributed by atoms with Crippen molar-refractivity contribution in [2.75, 3.05) is 6.54 Å². The van der Waals surface area contributed by atoms with Crippen molar-refractivity contribution in [3.63, 3.8) is 0 Å². The molecule has 16 heavy (non-hydrogen) atoms. The molecule has 0 bridgehead atoms. The molecule has 0 spiro atoms. The van der Waals surface area contributed by atoms with Gasteiger partial charge in [0.05, 0.1) is 0 Å². The zero-order valence-electron chi connectivity index (χ0n) is 9.24. The monoisotopic (exact) mass is 247 g/mol. The van der Waals surface area contributed by atoms with Crippen molar-refractivity contribution in [2.45, 2.75) is 45.3 Å². The molecular formula is C9H14F5NO. The summed E-state index contributed by atoms with van der Waals surface area (Å²) in [5.74, 6) is -7.50. The van der Waals surface area contributed by atoms with Crippen LogP contribution in [0.25, 0.3) is 0 Å². The van der Waals surface area contributed by atoms with E-state index in [0.717, 1.165) is 0 Å². The third-order valence-corrected chi connectivity index (χ3v) is 2.35. The molecule has 1 atom stereocenters. The summed E-state index contributed by atoms with van der Waals surface area (Å²) in [4.78, 5) is 11.6. The maximum Gasteiger partial charge on any atom is 0.463 e. The number of rotatable bonds is 4. The number of carbonyl (C=O) groups excluding carboxylic acids is 1. The number of amides is 1. The summed E-state index contributed by atoms with van der Waals surface area (Å²) in [6.07, 6.45) is -5.53. The molecule has 0 aliphatic carbocycles. The fourth-order valence-electron chi connectivity index (χ4n) is 1.18. The van der Waals surface area contributed by atoms with Gasteiger partial charge in [0.2, 0.25) is 0 Å². The van der Waals surface area contributed by atoms with E-state index in [2.05, 4.69) is 0 Å². The Bertz CT molecular complexity index is 251. The molecule has 0 aliphatic heterocycles. The van der Waals surface area contributed by atoms with Crippen LogP contribution >= 0.6 is 0 Å². The highest BCUT2D eigenvalue weighted by molar-refractivity contribution is 5.84. The molecular weight excluding hydrogens is 233 g/mol. The van der Waals surface area contributed by atoms with Gasteiger partial charge in [-0.3, -0.25) is 4.79 Å². The standard InChI is InChI=1S/C9H14F5NO/c1-4-6(3)15(5-2)7(16)8(10,11)9(12,13)14/h6H,4-5H2,1-3H3. The van der Waals surface area contributed by atoms with Crippen LogP contribution in [0.15, 0.2) is 0 Å². The molecule has 0 N–H and O–H groups in total. The first-order chi connectivity index (χ1) is 7.09. The predicted molar refractivity (Wildman–Crippen MR) is 48.1 cm³/mol. The van der Waals surface area contributed by atoms with E-state index in [1.165, 1.54) is 13.8 Å². The molecule has 0 aromatic carbocycles. The Kier molecular flexibility index (Phi) is 4.69. The zero-order valence-corrected chi connectivity index (χ0v) is 9.24. The van der Waals surface area contributed by atoms with Crippen molar-refractivity contribution >= 4 is 5.91 Å². The van der Waals surface area contributed by atoms with Gasteiger partial charge in [-0.1, -0.05) is 6.92 Å². The number of nitrogens with zero attached hydrogens (tertiary/aromatic N) is 1. The molecule has 0 saturated heterocycles. The maximum atomic E-state index is 12.7. The number of hydrogen-bond donors (Lipinski definition) is 0. The molecule has 1 unspecified atom stereocenters. The smallest absolute Gasteiger partial charge is 0.335 e. The average Bonchev–Trinajstić information content (AvgIpc) is 2.16. The lowest BCUT2D eigenvalue weighted by molar-refractivity contribution is -0.275. The number of halogens is 5. The Morgan fingerprint density at radius 3 is 1.88 bits per heavy atom. The molecule has 0 radical (unpaired) electrons. The summed E-state index contributed by atoms with van der Waals surface area (Å²) in [6, 6.07) is -0.647. The van der Waals surface area contributed by atoms with E-state index in [1.807, 2.05) is 0 Å². The molecule has 7 heteroatoms. The van der Waals surface area contributed by atoms with E-state index < -0.39 is 24.0 Å². The third kappa shape index (κ3) is 2.82.